The molecule has 1 N–H and O–H groups in total. The van der Waals surface area contributed by atoms with Crippen molar-refractivity contribution in [2.24, 2.45) is 13.0 Å². The molecule has 0 atom stereocenters. The molecule has 0 aliphatic rings. The molecule has 1 heterocycles. The van der Waals surface area contributed by atoms with Gasteiger partial charge in [0.1, 0.15) is 0 Å². The van der Waals surface area contributed by atoms with Crippen molar-refractivity contribution in [3.8, 4) is 0 Å². The summed E-state index contributed by atoms with van der Waals surface area (Å²) in [6.07, 6.45) is 2.95. The molecule has 1 aromatic heterocycles. The number of hydrogen-bond acceptors (Lipinski definition) is 4. The van der Waals surface area contributed by atoms with Gasteiger partial charge in [0.05, 0.1) is 5.69 Å². The molecule has 0 aliphatic heterocycles. The molecule has 5 heteroatoms. The van der Waals surface area contributed by atoms with Crippen LogP contribution in [0, 0.1) is 5.92 Å². The molecular weight excluding hydrogens is 204 g/mol. The van der Waals surface area contributed by atoms with E-state index in [1.54, 1.807) is 4.68 Å². The second-order valence-corrected chi connectivity index (χ2v) is 4.38. The lowest BCUT2D eigenvalue weighted by atomic mass is 10.2. The molecule has 92 valence electrons. The Morgan fingerprint density at radius 3 is 2.94 bits per heavy atom. The van der Waals surface area contributed by atoms with Gasteiger partial charge in [0, 0.05) is 33.0 Å². The van der Waals surface area contributed by atoms with Gasteiger partial charge in [-0.2, -0.15) is 0 Å². The largest absolute Gasteiger partial charge is 0.381 e. The fourth-order valence-electron chi connectivity index (χ4n) is 1.31. The smallest absolute Gasteiger partial charge is 0.0964 e. The Balaban J connectivity index is 1.92. The van der Waals surface area contributed by atoms with Gasteiger partial charge in [-0.25, -0.2) is 0 Å². The first-order chi connectivity index (χ1) is 7.68. The van der Waals surface area contributed by atoms with Crippen molar-refractivity contribution in [1.29, 1.82) is 0 Å². The third-order valence-corrected chi connectivity index (χ3v) is 2.05. The summed E-state index contributed by atoms with van der Waals surface area (Å²) >= 11 is 0. The van der Waals surface area contributed by atoms with Crippen LogP contribution in [0.15, 0.2) is 6.20 Å². The van der Waals surface area contributed by atoms with Crippen LogP contribution < -0.4 is 5.32 Å². The third kappa shape index (κ3) is 5.82. The van der Waals surface area contributed by atoms with E-state index in [2.05, 4.69) is 29.5 Å². The van der Waals surface area contributed by atoms with Crippen molar-refractivity contribution in [3.05, 3.63) is 11.9 Å². The monoisotopic (exact) mass is 226 g/mol. The van der Waals surface area contributed by atoms with Gasteiger partial charge in [-0.1, -0.05) is 19.1 Å². The molecule has 0 amide bonds. The molecule has 0 fully saturated rings. The number of nitrogens with one attached hydrogen (secondary N) is 1. The molecular formula is C11H22N4O. The van der Waals surface area contributed by atoms with Crippen LogP contribution in [0.3, 0.4) is 0 Å². The standard InChI is InChI=1S/C11H22N4O/c1-10(2)9-16-6-4-5-12-7-11-8-15(3)14-13-11/h8,10,12H,4-7,9H2,1-3H3. The number of nitrogens with zero attached hydrogens (tertiary/aromatic N) is 3. The minimum Gasteiger partial charge on any atom is -0.381 e. The summed E-state index contributed by atoms with van der Waals surface area (Å²) in [5.41, 5.74) is 0.977. The lowest BCUT2D eigenvalue weighted by Crippen LogP contribution is -2.17. The molecule has 0 bridgehead atoms. The average molecular weight is 226 g/mol. The minimum atomic E-state index is 0.618. The summed E-state index contributed by atoms with van der Waals surface area (Å²) in [5.74, 6) is 0.618. The van der Waals surface area contributed by atoms with Crippen LogP contribution in [0.4, 0.5) is 0 Å². The number of ether oxygens (including phenoxy) is 1. The van der Waals surface area contributed by atoms with Gasteiger partial charge in [0.2, 0.25) is 0 Å². The molecule has 0 unspecified atom stereocenters. The summed E-state index contributed by atoms with van der Waals surface area (Å²) in [5, 5.41) is 11.2. The normalized spacial score (nSPS) is 11.2. The van der Waals surface area contributed by atoms with E-state index >= 15 is 0 Å². The highest BCUT2D eigenvalue weighted by atomic mass is 16.5. The van der Waals surface area contributed by atoms with Gasteiger partial charge in [-0.05, 0) is 18.9 Å². The van der Waals surface area contributed by atoms with Gasteiger partial charge in [-0.15, -0.1) is 5.10 Å². The van der Waals surface area contributed by atoms with Crippen LogP contribution in [0.5, 0.6) is 0 Å². The molecule has 0 radical (unpaired) electrons. The van der Waals surface area contributed by atoms with Crippen LogP contribution >= 0.6 is 0 Å². The Bertz CT molecular complexity index is 285. The number of hydrogen-bond donors (Lipinski definition) is 1. The molecule has 5 nitrogen and oxygen atoms in total. The summed E-state index contributed by atoms with van der Waals surface area (Å²) < 4.78 is 7.19. The topological polar surface area (TPSA) is 52.0 Å². The maximum atomic E-state index is 5.48. The van der Waals surface area contributed by atoms with Crippen molar-refractivity contribution < 1.29 is 4.74 Å². The van der Waals surface area contributed by atoms with E-state index in [4.69, 9.17) is 4.74 Å². The Morgan fingerprint density at radius 2 is 2.31 bits per heavy atom. The van der Waals surface area contributed by atoms with Crippen molar-refractivity contribution in [2.75, 3.05) is 19.8 Å². The van der Waals surface area contributed by atoms with Crippen LogP contribution in [-0.4, -0.2) is 34.8 Å². The van der Waals surface area contributed by atoms with Crippen LogP contribution in [0.25, 0.3) is 0 Å². The van der Waals surface area contributed by atoms with Crippen molar-refractivity contribution in [1.82, 2.24) is 20.3 Å². The van der Waals surface area contributed by atoms with E-state index in [-0.39, 0.29) is 0 Å². The number of aryl methyl sites for hydroxylation is 1. The highest BCUT2D eigenvalue weighted by Gasteiger charge is 1.97. The zero-order valence-electron chi connectivity index (χ0n) is 10.4. The predicted octanol–water partition coefficient (Wildman–Crippen LogP) is 0.967. The summed E-state index contributed by atoms with van der Waals surface area (Å²) in [6.45, 7) is 7.72. The van der Waals surface area contributed by atoms with Gasteiger partial charge < -0.3 is 10.1 Å². The van der Waals surface area contributed by atoms with Gasteiger partial charge in [0.25, 0.3) is 0 Å². The van der Waals surface area contributed by atoms with E-state index < -0.39 is 0 Å². The average Bonchev–Trinajstić information content (AvgIpc) is 2.62. The first-order valence-electron chi connectivity index (χ1n) is 5.82. The maximum absolute atomic E-state index is 5.48. The van der Waals surface area contributed by atoms with Gasteiger partial charge in [0.15, 0.2) is 0 Å². The Morgan fingerprint density at radius 1 is 1.50 bits per heavy atom. The van der Waals surface area contributed by atoms with E-state index in [0.717, 1.165) is 38.4 Å². The maximum Gasteiger partial charge on any atom is 0.0964 e. The highest BCUT2D eigenvalue weighted by Crippen LogP contribution is 1.93. The molecule has 0 aliphatic carbocycles. The fourth-order valence-corrected chi connectivity index (χ4v) is 1.31. The van der Waals surface area contributed by atoms with Crippen molar-refractivity contribution in [3.63, 3.8) is 0 Å². The second kappa shape index (κ2) is 7.35. The lowest BCUT2D eigenvalue weighted by Gasteiger charge is -2.06. The van der Waals surface area contributed by atoms with E-state index in [1.165, 1.54) is 0 Å². The molecule has 0 saturated carbocycles. The summed E-state index contributed by atoms with van der Waals surface area (Å²) in [4.78, 5) is 0. The van der Waals surface area contributed by atoms with Gasteiger partial charge in [-0.3, -0.25) is 4.68 Å². The molecule has 1 rings (SSSR count). The van der Waals surface area contributed by atoms with E-state index in [1.807, 2.05) is 13.2 Å². The first kappa shape index (κ1) is 13.1. The first-order valence-corrected chi connectivity index (χ1v) is 5.82. The Hall–Kier alpha value is -0.940. The Kier molecular flexibility index (Phi) is 6.03. The van der Waals surface area contributed by atoms with Crippen LogP contribution in [0.1, 0.15) is 26.0 Å². The zero-order valence-corrected chi connectivity index (χ0v) is 10.4. The highest BCUT2D eigenvalue weighted by molar-refractivity contribution is 4.90. The van der Waals surface area contributed by atoms with Gasteiger partial charge >= 0.3 is 0 Å². The number of aromatic nitrogens is 3. The fraction of sp³-hybridized carbons (Fsp3) is 0.818. The van der Waals surface area contributed by atoms with E-state index in [0.29, 0.717) is 5.92 Å². The predicted molar refractivity (Wildman–Crippen MR) is 63.0 cm³/mol. The third-order valence-electron chi connectivity index (χ3n) is 2.05. The molecule has 16 heavy (non-hydrogen) atoms. The number of rotatable bonds is 8. The second-order valence-electron chi connectivity index (χ2n) is 4.38. The lowest BCUT2D eigenvalue weighted by molar-refractivity contribution is 0.108. The molecule has 0 aromatic carbocycles. The minimum absolute atomic E-state index is 0.618. The quantitative estimate of drug-likeness (QED) is 0.671. The Labute approximate surface area is 97.2 Å². The molecule has 0 spiro atoms. The van der Waals surface area contributed by atoms with Crippen LogP contribution in [0.2, 0.25) is 0 Å². The molecule has 0 saturated heterocycles. The van der Waals surface area contributed by atoms with Crippen molar-refractivity contribution >= 4 is 0 Å². The zero-order chi connectivity index (χ0) is 11.8. The van der Waals surface area contributed by atoms with E-state index in [9.17, 15) is 0 Å². The summed E-state index contributed by atoms with van der Waals surface area (Å²) in [6, 6.07) is 0. The van der Waals surface area contributed by atoms with Crippen LogP contribution in [-0.2, 0) is 18.3 Å². The molecule has 1 aromatic rings. The summed E-state index contributed by atoms with van der Waals surface area (Å²) in [7, 11) is 1.87. The SMILES string of the molecule is CC(C)COCCCNCc1cn(C)nn1. The van der Waals surface area contributed by atoms with Crippen molar-refractivity contribution in [2.45, 2.75) is 26.8 Å².